The van der Waals surface area contributed by atoms with Gasteiger partial charge in [-0.1, -0.05) is 28.1 Å². The molecular weight excluding hydrogens is 317 g/mol. The number of nitrogens with zero attached hydrogens (tertiary/aromatic N) is 2. The molecule has 18 heavy (non-hydrogen) atoms. The number of aryl methyl sites for hydroxylation is 1. The van der Waals surface area contributed by atoms with Gasteiger partial charge in [-0.05, 0) is 24.1 Å². The van der Waals surface area contributed by atoms with Crippen LogP contribution in [-0.4, -0.2) is 11.2 Å². The maximum atomic E-state index is 13.5. The second-order valence-electron chi connectivity index (χ2n) is 3.65. The van der Waals surface area contributed by atoms with Gasteiger partial charge in [0.15, 0.2) is 0 Å². The molecule has 3 nitrogen and oxygen atoms in total. The minimum absolute atomic E-state index is 0.235. The van der Waals surface area contributed by atoms with Gasteiger partial charge in [-0.15, -0.1) is 11.3 Å². The average Bonchev–Trinajstić information content (AvgIpc) is 2.75. The predicted octanol–water partition coefficient (Wildman–Crippen LogP) is 3.93. The van der Waals surface area contributed by atoms with E-state index in [-0.39, 0.29) is 5.82 Å². The molecule has 0 radical (unpaired) electrons. The molecule has 0 atom stereocenters. The summed E-state index contributed by atoms with van der Waals surface area (Å²) in [5.41, 5.74) is 5.10. The van der Waals surface area contributed by atoms with Crippen LogP contribution in [0.25, 0.3) is 0 Å². The van der Waals surface area contributed by atoms with Crippen molar-refractivity contribution in [1.82, 2.24) is 4.98 Å². The van der Waals surface area contributed by atoms with Crippen molar-refractivity contribution in [3.63, 3.8) is 0 Å². The molecule has 0 aliphatic carbocycles. The van der Waals surface area contributed by atoms with E-state index in [1.165, 1.54) is 17.4 Å². The first-order valence-electron chi connectivity index (χ1n) is 5.24. The molecule has 2 rings (SSSR count). The highest BCUT2D eigenvalue weighted by Crippen LogP contribution is 2.15. The van der Waals surface area contributed by atoms with Crippen LogP contribution >= 0.6 is 27.3 Å². The van der Waals surface area contributed by atoms with Gasteiger partial charge in [0.25, 0.3) is 0 Å². The Bertz CT molecular complexity index is 568. The molecule has 0 unspecified atom stereocenters. The average molecular weight is 328 g/mol. The lowest BCUT2D eigenvalue weighted by molar-refractivity contribution is 0.617. The number of hydrogen-bond donors (Lipinski definition) is 1. The molecule has 0 saturated carbocycles. The molecule has 6 heteroatoms. The van der Waals surface area contributed by atoms with E-state index < -0.39 is 0 Å². The summed E-state index contributed by atoms with van der Waals surface area (Å²) in [5, 5.41) is 7.18. The Hall–Kier alpha value is -1.27. The van der Waals surface area contributed by atoms with E-state index in [1.54, 1.807) is 12.3 Å². The van der Waals surface area contributed by atoms with E-state index in [0.717, 1.165) is 10.8 Å². The molecule has 1 N–H and O–H groups in total. The van der Waals surface area contributed by atoms with Crippen molar-refractivity contribution in [3.05, 3.63) is 46.2 Å². The van der Waals surface area contributed by atoms with Crippen LogP contribution in [-0.2, 0) is 5.33 Å². The third-order valence-electron chi connectivity index (χ3n) is 2.21. The van der Waals surface area contributed by atoms with Crippen molar-refractivity contribution < 1.29 is 4.39 Å². The molecule has 0 saturated heterocycles. The second-order valence-corrected chi connectivity index (χ2v) is 5.07. The molecule has 1 aromatic heterocycles. The molecular formula is C12H11BrFN3S. The zero-order valence-electron chi connectivity index (χ0n) is 9.65. The summed E-state index contributed by atoms with van der Waals surface area (Å²) >= 11 is 4.70. The fraction of sp³-hybridized carbons (Fsp3) is 0.167. The van der Waals surface area contributed by atoms with Crippen molar-refractivity contribution in [1.29, 1.82) is 0 Å². The number of thiazole rings is 1. The summed E-state index contributed by atoms with van der Waals surface area (Å²) in [6, 6.07) is 5.01. The Balaban J connectivity index is 2.03. The third kappa shape index (κ3) is 3.36. The second kappa shape index (κ2) is 6.06. The minimum Gasteiger partial charge on any atom is -0.253 e. The van der Waals surface area contributed by atoms with Gasteiger partial charge in [0.05, 0.1) is 11.9 Å². The molecule has 0 fully saturated rings. The number of nitrogens with one attached hydrogen (secondary N) is 1. The van der Waals surface area contributed by atoms with Gasteiger partial charge in [0.2, 0.25) is 5.13 Å². The summed E-state index contributed by atoms with van der Waals surface area (Å²) < 4.78 is 13.5. The standard InChI is InChI=1S/C12H11BrFN3S/c1-8-7-18-12(16-8)17-15-6-9-2-3-10(5-13)11(14)4-9/h2-4,6-7H,5H2,1H3,(H,16,17). The number of aromatic nitrogens is 1. The number of rotatable bonds is 4. The molecule has 0 aliphatic heterocycles. The number of anilines is 1. The van der Waals surface area contributed by atoms with Crippen LogP contribution in [0.5, 0.6) is 0 Å². The van der Waals surface area contributed by atoms with E-state index in [1.807, 2.05) is 18.4 Å². The maximum absolute atomic E-state index is 13.5. The third-order valence-corrected chi connectivity index (χ3v) is 3.68. The zero-order valence-corrected chi connectivity index (χ0v) is 12.1. The van der Waals surface area contributed by atoms with Crippen LogP contribution in [0.3, 0.4) is 0 Å². The van der Waals surface area contributed by atoms with Gasteiger partial charge in [0.1, 0.15) is 5.82 Å². The number of alkyl halides is 1. The zero-order chi connectivity index (χ0) is 13.0. The van der Waals surface area contributed by atoms with E-state index in [2.05, 4.69) is 31.4 Å². The summed E-state index contributed by atoms with van der Waals surface area (Å²) in [4.78, 5) is 4.20. The highest BCUT2D eigenvalue weighted by molar-refractivity contribution is 9.08. The molecule has 94 valence electrons. The summed E-state index contributed by atoms with van der Waals surface area (Å²) in [5.74, 6) is -0.235. The quantitative estimate of drug-likeness (QED) is 0.524. The Morgan fingerprint density at radius 2 is 2.39 bits per heavy atom. The number of halogens is 2. The highest BCUT2D eigenvalue weighted by Gasteiger charge is 2.00. The van der Waals surface area contributed by atoms with Crippen molar-refractivity contribution >= 4 is 38.6 Å². The van der Waals surface area contributed by atoms with Crippen molar-refractivity contribution in [2.45, 2.75) is 12.3 Å². The van der Waals surface area contributed by atoms with Gasteiger partial charge in [-0.25, -0.2) is 9.37 Å². The summed E-state index contributed by atoms with van der Waals surface area (Å²) in [7, 11) is 0. The Morgan fingerprint density at radius 1 is 1.56 bits per heavy atom. The van der Waals surface area contributed by atoms with E-state index >= 15 is 0 Å². The molecule has 1 heterocycles. The lowest BCUT2D eigenvalue weighted by Crippen LogP contribution is -1.92. The van der Waals surface area contributed by atoms with E-state index in [0.29, 0.717) is 16.5 Å². The Kier molecular flexibility index (Phi) is 4.43. The SMILES string of the molecule is Cc1csc(NN=Cc2ccc(CBr)c(F)c2)n1. The van der Waals surface area contributed by atoms with Gasteiger partial charge < -0.3 is 0 Å². The van der Waals surface area contributed by atoms with Crippen LogP contribution in [0.2, 0.25) is 0 Å². The first-order chi connectivity index (χ1) is 8.69. The van der Waals surface area contributed by atoms with E-state index in [4.69, 9.17) is 0 Å². The van der Waals surface area contributed by atoms with Crippen LogP contribution in [0.15, 0.2) is 28.7 Å². The maximum Gasteiger partial charge on any atom is 0.203 e. The van der Waals surface area contributed by atoms with Crippen LogP contribution in [0.4, 0.5) is 9.52 Å². The molecule has 1 aromatic carbocycles. The highest BCUT2D eigenvalue weighted by atomic mass is 79.9. The Morgan fingerprint density at radius 3 is 3.00 bits per heavy atom. The minimum atomic E-state index is -0.235. The molecule has 0 amide bonds. The number of benzene rings is 1. The molecule has 0 spiro atoms. The van der Waals surface area contributed by atoms with Crippen molar-refractivity contribution in [2.75, 3.05) is 5.43 Å². The smallest absolute Gasteiger partial charge is 0.203 e. The van der Waals surface area contributed by atoms with E-state index in [9.17, 15) is 4.39 Å². The molecule has 2 aromatic rings. The monoisotopic (exact) mass is 327 g/mol. The molecule has 0 aliphatic rings. The van der Waals surface area contributed by atoms with Crippen LogP contribution in [0, 0.1) is 12.7 Å². The lowest BCUT2D eigenvalue weighted by Gasteiger charge is -1.99. The van der Waals surface area contributed by atoms with Gasteiger partial charge >= 0.3 is 0 Å². The molecule has 0 bridgehead atoms. The Labute approximate surface area is 117 Å². The van der Waals surface area contributed by atoms with Gasteiger partial charge in [0, 0.05) is 10.7 Å². The largest absolute Gasteiger partial charge is 0.253 e. The summed E-state index contributed by atoms with van der Waals surface area (Å²) in [6.07, 6.45) is 1.57. The lowest BCUT2D eigenvalue weighted by atomic mass is 10.1. The first kappa shape index (κ1) is 13.2. The van der Waals surface area contributed by atoms with Crippen molar-refractivity contribution in [3.8, 4) is 0 Å². The van der Waals surface area contributed by atoms with Crippen LogP contribution in [0.1, 0.15) is 16.8 Å². The topological polar surface area (TPSA) is 37.3 Å². The van der Waals surface area contributed by atoms with Crippen molar-refractivity contribution in [2.24, 2.45) is 5.10 Å². The number of hydrazone groups is 1. The predicted molar refractivity (Wildman–Crippen MR) is 77.1 cm³/mol. The summed E-state index contributed by atoms with van der Waals surface area (Å²) in [6.45, 7) is 1.92. The van der Waals surface area contributed by atoms with Crippen LogP contribution < -0.4 is 5.43 Å². The van der Waals surface area contributed by atoms with Gasteiger partial charge in [-0.3, -0.25) is 5.43 Å². The van der Waals surface area contributed by atoms with Gasteiger partial charge in [-0.2, -0.15) is 5.10 Å². The fourth-order valence-electron chi connectivity index (χ4n) is 1.32. The fourth-order valence-corrected chi connectivity index (χ4v) is 2.41. The first-order valence-corrected chi connectivity index (χ1v) is 7.25. The number of hydrogen-bond acceptors (Lipinski definition) is 4. The normalized spacial score (nSPS) is 11.1.